The molecule has 23 heavy (non-hydrogen) atoms. The van der Waals surface area contributed by atoms with Gasteiger partial charge in [0.2, 0.25) is 0 Å². The summed E-state index contributed by atoms with van der Waals surface area (Å²) in [7, 11) is 2.78. The molecule has 0 saturated carbocycles. The molecule has 120 valence electrons. The summed E-state index contributed by atoms with van der Waals surface area (Å²) in [6.45, 7) is 0.0734. The zero-order valence-corrected chi connectivity index (χ0v) is 12.8. The van der Waals surface area contributed by atoms with E-state index in [9.17, 15) is 14.0 Å². The van der Waals surface area contributed by atoms with Crippen molar-refractivity contribution in [3.63, 3.8) is 0 Å². The topological polar surface area (TPSA) is 64.6 Å². The van der Waals surface area contributed by atoms with Crippen LogP contribution in [0, 0.1) is 5.82 Å². The SMILES string of the molecule is CNC(=O)c1ccc(OCc2ccc(F)cc2C(=O)OC)cc1. The van der Waals surface area contributed by atoms with Gasteiger partial charge in [0.1, 0.15) is 18.2 Å². The van der Waals surface area contributed by atoms with Gasteiger partial charge in [0, 0.05) is 18.2 Å². The minimum atomic E-state index is -0.627. The molecule has 0 saturated heterocycles. The van der Waals surface area contributed by atoms with Crippen molar-refractivity contribution in [3.8, 4) is 5.75 Å². The molecule has 0 fully saturated rings. The number of methoxy groups -OCH3 is 1. The van der Waals surface area contributed by atoms with Gasteiger partial charge in [0.05, 0.1) is 12.7 Å². The predicted octanol–water partition coefficient (Wildman–Crippen LogP) is 2.55. The molecular weight excluding hydrogens is 301 g/mol. The number of rotatable bonds is 5. The molecule has 1 N–H and O–H groups in total. The molecule has 2 rings (SSSR count). The smallest absolute Gasteiger partial charge is 0.338 e. The van der Waals surface area contributed by atoms with Crippen LogP contribution < -0.4 is 10.1 Å². The highest BCUT2D eigenvalue weighted by Crippen LogP contribution is 2.18. The van der Waals surface area contributed by atoms with Crippen molar-refractivity contribution >= 4 is 11.9 Å². The third-order valence-electron chi connectivity index (χ3n) is 3.22. The van der Waals surface area contributed by atoms with Crippen molar-refractivity contribution in [2.45, 2.75) is 6.61 Å². The zero-order valence-electron chi connectivity index (χ0n) is 12.8. The Morgan fingerprint density at radius 1 is 1.13 bits per heavy atom. The first-order valence-electron chi connectivity index (χ1n) is 6.87. The van der Waals surface area contributed by atoms with Crippen LogP contribution in [0.5, 0.6) is 5.75 Å². The normalized spacial score (nSPS) is 10.0. The molecule has 0 radical (unpaired) electrons. The van der Waals surface area contributed by atoms with Crippen LogP contribution in [0.25, 0.3) is 0 Å². The maximum atomic E-state index is 13.3. The van der Waals surface area contributed by atoms with Gasteiger partial charge in [-0.1, -0.05) is 6.07 Å². The van der Waals surface area contributed by atoms with E-state index in [2.05, 4.69) is 10.1 Å². The molecule has 0 unspecified atom stereocenters. The molecule has 1 amide bonds. The Labute approximate surface area is 133 Å². The number of halogens is 1. The number of hydrogen-bond donors (Lipinski definition) is 1. The quantitative estimate of drug-likeness (QED) is 0.861. The van der Waals surface area contributed by atoms with E-state index in [0.717, 1.165) is 6.07 Å². The maximum Gasteiger partial charge on any atom is 0.338 e. The maximum absolute atomic E-state index is 13.3. The molecular formula is C17H16FNO4. The predicted molar refractivity (Wildman–Crippen MR) is 81.9 cm³/mol. The molecule has 0 heterocycles. The number of esters is 1. The van der Waals surface area contributed by atoms with E-state index >= 15 is 0 Å². The van der Waals surface area contributed by atoms with E-state index in [1.807, 2.05) is 0 Å². The molecule has 2 aromatic carbocycles. The monoisotopic (exact) mass is 317 g/mol. The molecule has 0 atom stereocenters. The number of carbonyl (C=O) groups excluding carboxylic acids is 2. The molecule has 0 aromatic heterocycles. The van der Waals surface area contributed by atoms with Crippen LogP contribution in [0.2, 0.25) is 0 Å². The lowest BCUT2D eigenvalue weighted by Gasteiger charge is -2.10. The van der Waals surface area contributed by atoms with Crippen LogP contribution in [0.3, 0.4) is 0 Å². The van der Waals surface area contributed by atoms with Gasteiger partial charge >= 0.3 is 5.97 Å². The lowest BCUT2D eigenvalue weighted by Crippen LogP contribution is -2.17. The highest BCUT2D eigenvalue weighted by molar-refractivity contribution is 5.94. The van der Waals surface area contributed by atoms with Crippen LogP contribution in [0.1, 0.15) is 26.3 Å². The fourth-order valence-corrected chi connectivity index (χ4v) is 1.98. The van der Waals surface area contributed by atoms with Gasteiger partial charge in [-0.05, 0) is 36.4 Å². The number of benzene rings is 2. The Bertz CT molecular complexity index is 713. The molecule has 0 aliphatic heterocycles. The Hall–Kier alpha value is -2.89. The first kappa shape index (κ1) is 16.5. The highest BCUT2D eigenvalue weighted by atomic mass is 19.1. The Morgan fingerprint density at radius 2 is 1.83 bits per heavy atom. The lowest BCUT2D eigenvalue weighted by atomic mass is 10.1. The van der Waals surface area contributed by atoms with Crippen molar-refractivity contribution in [1.82, 2.24) is 5.32 Å². The average molecular weight is 317 g/mol. The molecule has 0 spiro atoms. The van der Waals surface area contributed by atoms with E-state index < -0.39 is 11.8 Å². The number of ether oxygens (including phenoxy) is 2. The summed E-state index contributed by atoms with van der Waals surface area (Å²) in [5.41, 5.74) is 1.14. The summed E-state index contributed by atoms with van der Waals surface area (Å²) < 4.78 is 23.5. The van der Waals surface area contributed by atoms with Gasteiger partial charge in [-0.3, -0.25) is 4.79 Å². The summed E-state index contributed by atoms with van der Waals surface area (Å²) in [6.07, 6.45) is 0. The fraction of sp³-hybridized carbons (Fsp3) is 0.176. The van der Waals surface area contributed by atoms with Gasteiger partial charge in [-0.25, -0.2) is 9.18 Å². The van der Waals surface area contributed by atoms with Crippen molar-refractivity contribution in [1.29, 1.82) is 0 Å². The molecule has 6 heteroatoms. The van der Waals surface area contributed by atoms with Crippen molar-refractivity contribution in [2.75, 3.05) is 14.2 Å². The average Bonchev–Trinajstić information content (AvgIpc) is 2.59. The molecule has 5 nitrogen and oxygen atoms in total. The zero-order chi connectivity index (χ0) is 16.8. The van der Waals surface area contributed by atoms with Crippen LogP contribution >= 0.6 is 0 Å². The van der Waals surface area contributed by atoms with E-state index in [0.29, 0.717) is 16.9 Å². The lowest BCUT2D eigenvalue weighted by molar-refractivity contribution is 0.0597. The summed E-state index contributed by atoms with van der Waals surface area (Å²) in [6, 6.07) is 10.4. The molecule has 0 aliphatic carbocycles. The summed E-state index contributed by atoms with van der Waals surface area (Å²) >= 11 is 0. The number of amides is 1. The van der Waals surface area contributed by atoms with Gasteiger partial charge < -0.3 is 14.8 Å². The van der Waals surface area contributed by atoms with E-state index in [-0.39, 0.29) is 18.1 Å². The summed E-state index contributed by atoms with van der Waals surface area (Å²) in [5, 5.41) is 2.52. The van der Waals surface area contributed by atoms with Crippen LogP contribution in [0.15, 0.2) is 42.5 Å². The first-order valence-corrected chi connectivity index (χ1v) is 6.87. The van der Waals surface area contributed by atoms with E-state index in [1.165, 1.54) is 19.2 Å². The van der Waals surface area contributed by atoms with Gasteiger partial charge in [-0.15, -0.1) is 0 Å². The van der Waals surface area contributed by atoms with Crippen LogP contribution in [-0.4, -0.2) is 26.0 Å². The molecule has 0 bridgehead atoms. The van der Waals surface area contributed by atoms with Crippen LogP contribution in [-0.2, 0) is 11.3 Å². The van der Waals surface area contributed by atoms with Crippen molar-refractivity contribution in [2.24, 2.45) is 0 Å². The van der Waals surface area contributed by atoms with Crippen LogP contribution in [0.4, 0.5) is 4.39 Å². The minimum Gasteiger partial charge on any atom is -0.489 e. The number of hydrogen-bond acceptors (Lipinski definition) is 4. The second kappa shape index (κ2) is 7.40. The number of carbonyl (C=O) groups is 2. The highest BCUT2D eigenvalue weighted by Gasteiger charge is 2.13. The molecule has 0 aliphatic rings. The van der Waals surface area contributed by atoms with Crippen molar-refractivity contribution in [3.05, 3.63) is 65.0 Å². The largest absolute Gasteiger partial charge is 0.489 e. The van der Waals surface area contributed by atoms with E-state index in [4.69, 9.17) is 4.74 Å². The second-order valence-corrected chi connectivity index (χ2v) is 4.69. The minimum absolute atomic E-state index is 0.0734. The Morgan fingerprint density at radius 3 is 2.43 bits per heavy atom. The third-order valence-corrected chi connectivity index (χ3v) is 3.22. The van der Waals surface area contributed by atoms with E-state index in [1.54, 1.807) is 31.3 Å². The van der Waals surface area contributed by atoms with Crippen molar-refractivity contribution < 1.29 is 23.5 Å². The fourth-order valence-electron chi connectivity index (χ4n) is 1.98. The first-order chi connectivity index (χ1) is 11.0. The Kier molecular flexibility index (Phi) is 5.30. The van der Waals surface area contributed by atoms with Gasteiger partial charge in [0.25, 0.3) is 5.91 Å². The second-order valence-electron chi connectivity index (χ2n) is 4.69. The van der Waals surface area contributed by atoms with Gasteiger partial charge in [0.15, 0.2) is 0 Å². The third kappa shape index (κ3) is 4.06. The number of nitrogens with one attached hydrogen (secondary N) is 1. The Balaban J connectivity index is 2.12. The van der Waals surface area contributed by atoms with Gasteiger partial charge in [-0.2, -0.15) is 0 Å². The standard InChI is InChI=1S/C17H16FNO4/c1-19-16(20)11-4-7-14(8-5-11)23-10-12-3-6-13(18)9-15(12)17(21)22-2/h3-9H,10H2,1-2H3,(H,19,20). The molecule has 2 aromatic rings. The summed E-state index contributed by atoms with van der Waals surface area (Å²) in [4.78, 5) is 23.1. The summed E-state index contributed by atoms with van der Waals surface area (Å²) in [5.74, 6) is -0.817.